The molecule has 2 aromatic heterocycles. The first-order valence-electron chi connectivity index (χ1n) is 8.18. The average Bonchev–Trinajstić information content (AvgIpc) is 3.31. The molecule has 9 heteroatoms. The van der Waals surface area contributed by atoms with Gasteiger partial charge in [0, 0.05) is 38.6 Å². The van der Waals surface area contributed by atoms with Gasteiger partial charge in [0.15, 0.2) is 0 Å². The minimum absolute atomic E-state index is 0.0629. The van der Waals surface area contributed by atoms with Gasteiger partial charge in [-0.1, -0.05) is 6.07 Å². The van der Waals surface area contributed by atoms with Gasteiger partial charge in [-0.2, -0.15) is 0 Å². The number of carbonyl (C=O) groups is 1. The van der Waals surface area contributed by atoms with Crippen LogP contribution in [0, 0.1) is 0 Å². The van der Waals surface area contributed by atoms with E-state index in [4.69, 9.17) is 0 Å². The Labute approximate surface area is 146 Å². The summed E-state index contributed by atoms with van der Waals surface area (Å²) in [6.45, 7) is 2.05. The van der Waals surface area contributed by atoms with E-state index in [0.717, 1.165) is 25.9 Å². The summed E-state index contributed by atoms with van der Waals surface area (Å²) < 4.78 is 27.1. The van der Waals surface area contributed by atoms with Crippen LogP contribution >= 0.6 is 0 Å². The van der Waals surface area contributed by atoms with Crippen LogP contribution in [0.1, 0.15) is 23.3 Å². The van der Waals surface area contributed by atoms with Gasteiger partial charge in [0.1, 0.15) is 16.4 Å². The quantitative estimate of drug-likeness (QED) is 0.637. The Morgan fingerprint density at radius 2 is 2.04 bits per heavy atom. The Hall–Kier alpha value is -2.39. The number of anilines is 1. The molecule has 1 aliphatic rings. The molecule has 1 aliphatic heterocycles. The van der Waals surface area contributed by atoms with E-state index in [9.17, 15) is 13.2 Å². The molecule has 0 unspecified atom stereocenters. The standard InChI is InChI=1S/C16H21N5O3S/c22-16(21-9-3-4-10-21)14-11-13(12-19-14)25(23,24)20-8-7-18-15-5-1-2-6-17-15/h1-2,5-6,11-12,19-20H,3-4,7-10H2,(H,17,18). The first-order valence-corrected chi connectivity index (χ1v) is 9.67. The van der Waals surface area contributed by atoms with Crippen LogP contribution in [0.3, 0.4) is 0 Å². The highest BCUT2D eigenvalue weighted by atomic mass is 32.2. The normalized spacial score (nSPS) is 14.6. The van der Waals surface area contributed by atoms with Crippen molar-refractivity contribution >= 4 is 21.7 Å². The highest BCUT2D eigenvalue weighted by Gasteiger charge is 2.23. The van der Waals surface area contributed by atoms with Gasteiger partial charge in [-0.05, 0) is 31.0 Å². The summed E-state index contributed by atoms with van der Waals surface area (Å²) in [4.78, 5) is 20.9. The molecule has 0 aliphatic carbocycles. The van der Waals surface area contributed by atoms with E-state index < -0.39 is 10.0 Å². The van der Waals surface area contributed by atoms with Gasteiger partial charge < -0.3 is 15.2 Å². The number of hydrogen-bond acceptors (Lipinski definition) is 5. The summed E-state index contributed by atoms with van der Waals surface area (Å²) in [6, 6.07) is 6.84. The molecule has 2 aromatic rings. The second-order valence-electron chi connectivity index (χ2n) is 5.79. The number of sulfonamides is 1. The predicted octanol–water partition coefficient (Wildman–Crippen LogP) is 1.04. The molecule has 134 valence electrons. The van der Waals surface area contributed by atoms with Crippen molar-refractivity contribution in [3.8, 4) is 0 Å². The number of nitrogens with zero attached hydrogens (tertiary/aromatic N) is 2. The van der Waals surface area contributed by atoms with Crippen LogP contribution in [0.4, 0.5) is 5.82 Å². The van der Waals surface area contributed by atoms with Crippen LogP contribution < -0.4 is 10.0 Å². The number of aromatic amines is 1. The van der Waals surface area contributed by atoms with Crippen molar-refractivity contribution in [2.75, 3.05) is 31.5 Å². The first kappa shape index (κ1) is 17.4. The van der Waals surface area contributed by atoms with Crippen molar-refractivity contribution in [1.29, 1.82) is 0 Å². The number of rotatable bonds is 7. The Balaban J connectivity index is 1.54. The number of hydrogen-bond donors (Lipinski definition) is 3. The van der Waals surface area contributed by atoms with Crippen LogP contribution in [0.25, 0.3) is 0 Å². The summed E-state index contributed by atoms with van der Waals surface area (Å²) in [6.07, 6.45) is 4.98. The number of pyridine rings is 1. The van der Waals surface area contributed by atoms with Crippen molar-refractivity contribution < 1.29 is 13.2 Å². The maximum absolute atomic E-state index is 12.3. The molecule has 0 bridgehead atoms. The van der Waals surface area contributed by atoms with Crippen molar-refractivity contribution in [3.05, 3.63) is 42.4 Å². The smallest absolute Gasteiger partial charge is 0.270 e. The summed E-state index contributed by atoms with van der Waals surface area (Å²) in [5.41, 5.74) is 0.300. The molecule has 8 nitrogen and oxygen atoms in total. The lowest BCUT2D eigenvalue weighted by atomic mass is 10.4. The number of likely N-dealkylation sites (tertiary alicyclic amines) is 1. The lowest BCUT2D eigenvalue weighted by Crippen LogP contribution is -2.29. The summed E-state index contributed by atoms with van der Waals surface area (Å²) >= 11 is 0. The van der Waals surface area contributed by atoms with E-state index in [-0.39, 0.29) is 17.3 Å². The number of carbonyl (C=O) groups excluding carboxylic acids is 1. The largest absolute Gasteiger partial charge is 0.369 e. The van der Waals surface area contributed by atoms with Gasteiger partial charge in [-0.3, -0.25) is 4.79 Å². The third-order valence-corrected chi connectivity index (χ3v) is 5.42. The maximum atomic E-state index is 12.3. The zero-order valence-electron chi connectivity index (χ0n) is 13.7. The molecule has 0 saturated carbocycles. The zero-order chi connectivity index (χ0) is 17.7. The van der Waals surface area contributed by atoms with E-state index in [2.05, 4.69) is 20.0 Å². The monoisotopic (exact) mass is 363 g/mol. The molecule has 25 heavy (non-hydrogen) atoms. The molecule has 1 fully saturated rings. The molecule has 0 aromatic carbocycles. The fourth-order valence-corrected chi connectivity index (χ4v) is 3.69. The first-order chi connectivity index (χ1) is 12.1. The van der Waals surface area contributed by atoms with Gasteiger partial charge in [0.05, 0.1) is 0 Å². The van der Waals surface area contributed by atoms with Crippen LogP contribution in [0.15, 0.2) is 41.6 Å². The fraction of sp³-hybridized carbons (Fsp3) is 0.375. The van der Waals surface area contributed by atoms with Crippen molar-refractivity contribution in [1.82, 2.24) is 19.6 Å². The third kappa shape index (κ3) is 4.37. The lowest BCUT2D eigenvalue weighted by molar-refractivity contribution is 0.0787. The van der Waals surface area contributed by atoms with E-state index in [0.29, 0.717) is 18.1 Å². The summed E-state index contributed by atoms with van der Waals surface area (Å²) in [7, 11) is -3.66. The Morgan fingerprint density at radius 1 is 1.24 bits per heavy atom. The minimum atomic E-state index is -3.66. The van der Waals surface area contributed by atoms with Gasteiger partial charge in [-0.15, -0.1) is 0 Å². The van der Waals surface area contributed by atoms with Gasteiger partial charge in [0.2, 0.25) is 10.0 Å². The van der Waals surface area contributed by atoms with Crippen LogP contribution in [0.2, 0.25) is 0 Å². The average molecular weight is 363 g/mol. The molecule has 3 N–H and O–H groups in total. The molecular weight excluding hydrogens is 342 g/mol. The minimum Gasteiger partial charge on any atom is -0.369 e. The Morgan fingerprint density at radius 3 is 2.76 bits per heavy atom. The molecule has 0 atom stereocenters. The maximum Gasteiger partial charge on any atom is 0.270 e. The molecule has 3 rings (SSSR count). The van der Waals surface area contributed by atoms with Crippen LogP contribution in [-0.4, -0.2) is 55.4 Å². The third-order valence-electron chi connectivity index (χ3n) is 3.98. The van der Waals surface area contributed by atoms with Gasteiger partial charge in [0.25, 0.3) is 5.91 Å². The van der Waals surface area contributed by atoms with Crippen LogP contribution in [0.5, 0.6) is 0 Å². The van der Waals surface area contributed by atoms with E-state index in [1.807, 2.05) is 6.07 Å². The molecule has 0 radical (unpaired) electrons. The lowest BCUT2D eigenvalue weighted by Gasteiger charge is -2.13. The van der Waals surface area contributed by atoms with Gasteiger partial charge >= 0.3 is 0 Å². The SMILES string of the molecule is O=C(c1cc(S(=O)(=O)NCCNc2ccccn2)c[nH]1)N1CCCC1. The number of aromatic nitrogens is 2. The van der Waals surface area contributed by atoms with Crippen molar-refractivity contribution in [2.45, 2.75) is 17.7 Å². The fourth-order valence-electron chi connectivity index (χ4n) is 2.67. The number of amides is 1. The van der Waals surface area contributed by atoms with Crippen molar-refractivity contribution in [2.24, 2.45) is 0 Å². The zero-order valence-corrected chi connectivity index (χ0v) is 14.6. The highest BCUT2D eigenvalue weighted by Crippen LogP contribution is 2.15. The summed E-state index contributed by atoms with van der Waals surface area (Å²) in [5.74, 6) is 0.526. The molecule has 1 amide bonds. The van der Waals surface area contributed by atoms with Gasteiger partial charge in [-0.25, -0.2) is 18.1 Å². The van der Waals surface area contributed by atoms with E-state index >= 15 is 0 Å². The topological polar surface area (TPSA) is 107 Å². The molecule has 3 heterocycles. The number of H-pyrrole nitrogens is 1. The molecule has 1 saturated heterocycles. The van der Waals surface area contributed by atoms with E-state index in [1.165, 1.54) is 12.3 Å². The Bertz CT molecular complexity index is 813. The second-order valence-corrected chi connectivity index (χ2v) is 7.55. The Kier molecular flexibility index (Phi) is 5.34. The van der Waals surface area contributed by atoms with E-state index in [1.54, 1.807) is 23.2 Å². The summed E-state index contributed by atoms with van der Waals surface area (Å²) in [5, 5.41) is 3.02. The molecule has 0 spiro atoms. The predicted molar refractivity (Wildman–Crippen MR) is 93.8 cm³/mol. The molecular formula is C16H21N5O3S. The second kappa shape index (κ2) is 7.66. The van der Waals surface area contributed by atoms with Crippen molar-refractivity contribution in [3.63, 3.8) is 0 Å². The van der Waals surface area contributed by atoms with Crippen LogP contribution in [-0.2, 0) is 10.0 Å². The highest BCUT2D eigenvalue weighted by molar-refractivity contribution is 7.89. The number of nitrogens with one attached hydrogen (secondary N) is 3.